The highest BCUT2D eigenvalue weighted by Crippen LogP contribution is 2.41. The number of ketones is 1. The number of rotatable bonds is 15. The number of nitrogens with one attached hydrogen (secondary N) is 4. The fourth-order valence-corrected chi connectivity index (χ4v) is 10.3. The summed E-state index contributed by atoms with van der Waals surface area (Å²) < 4.78 is 13.3. The number of unbranched alkanes of at least 4 members (excludes halogenated alkanes) is 1. The Morgan fingerprint density at radius 3 is 2.02 bits per heavy atom. The minimum atomic E-state index is -1.81. The zero-order chi connectivity index (χ0) is 39.1. The Bertz CT molecular complexity index is 1380. The molecule has 5 atom stereocenters. The second kappa shape index (κ2) is 18.2. The van der Waals surface area contributed by atoms with Gasteiger partial charge in [-0.3, -0.25) is 28.2 Å². The number of nitrogens with zero attached hydrogens (tertiary/aromatic N) is 1. The van der Waals surface area contributed by atoms with Crippen LogP contribution in [-0.2, 0) is 34.8 Å². The van der Waals surface area contributed by atoms with E-state index in [9.17, 15) is 33.0 Å². The molecule has 0 aromatic rings. The van der Waals surface area contributed by atoms with Crippen molar-refractivity contribution in [2.45, 2.75) is 181 Å². The van der Waals surface area contributed by atoms with Crippen LogP contribution in [0.5, 0.6) is 0 Å². The molecule has 4 rings (SSSR count). The second-order valence-corrected chi connectivity index (χ2v) is 19.5. The summed E-state index contributed by atoms with van der Waals surface area (Å²) in [6.07, 6.45) is 12.1. The minimum absolute atomic E-state index is 0.00569. The first-order valence-corrected chi connectivity index (χ1v) is 21.7. The number of carbonyl (C=O) groups is 6. The lowest BCUT2D eigenvalue weighted by Crippen LogP contribution is -2.64. The fraction of sp³-hybridized carbons (Fsp3) is 0.850. The van der Waals surface area contributed by atoms with Gasteiger partial charge in [0.25, 0.3) is 5.91 Å². The summed E-state index contributed by atoms with van der Waals surface area (Å²) in [6.45, 7) is 13.6. The molecule has 4 aliphatic rings. The lowest BCUT2D eigenvalue weighted by atomic mass is 9.70. The average molecular weight is 762 g/mol. The molecule has 13 heteroatoms. The first kappa shape index (κ1) is 42.9. The Morgan fingerprint density at radius 2 is 1.47 bits per heavy atom. The molecular formula is C40H67N5O7S. The molecule has 0 radical (unpaired) electrons. The molecule has 0 spiro atoms. The highest BCUT2D eigenvalue weighted by Gasteiger charge is 2.50. The van der Waals surface area contributed by atoms with Crippen LogP contribution in [0.25, 0.3) is 0 Å². The van der Waals surface area contributed by atoms with Crippen molar-refractivity contribution in [2.24, 2.45) is 22.7 Å². The lowest BCUT2D eigenvalue weighted by molar-refractivity contribution is -0.145. The van der Waals surface area contributed by atoms with E-state index in [1.54, 1.807) is 25.7 Å². The van der Waals surface area contributed by atoms with E-state index in [2.05, 4.69) is 21.3 Å². The predicted molar refractivity (Wildman–Crippen MR) is 206 cm³/mol. The van der Waals surface area contributed by atoms with Crippen LogP contribution in [0.1, 0.15) is 151 Å². The van der Waals surface area contributed by atoms with E-state index in [0.29, 0.717) is 38.6 Å². The topological polar surface area (TPSA) is 171 Å². The van der Waals surface area contributed by atoms with Crippen LogP contribution < -0.4 is 21.3 Å². The third kappa shape index (κ3) is 11.1. The monoisotopic (exact) mass is 761 g/mol. The van der Waals surface area contributed by atoms with Gasteiger partial charge in [-0.1, -0.05) is 99.8 Å². The Balaban J connectivity index is 1.59. The van der Waals surface area contributed by atoms with Crippen LogP contribution in [0.2, 0.25) is 0 Å². The van der Waals surface area contributed by atoms with Crippen molar-refractivity contribution < 1.29 is 33.0 Å². The summed E-state index contributed by atoms with van der Waals surface area (Å²) in [5.74, 6) is -2.25. The molecule has 1 saturated heterocycles. The molecule has 1 aliphatic heterocycles. The maximum Gasteiger partial charge on any atom is 0.315 e. The molecule has 0 aromatic heterocycles. The van der Waals surface area contributed by atoms with E-state index in [4.69, 9.17) is 0 Å². The molecule has 4 fully saturated rings. The minimum Gasteiger partial charge on any atom is -0.347 e. The number of urea groups is 1. The van der Waals surface area contributed by atoms with Gasteiger partial charge < -0.3 is 26.2 Å². The molecule has 53 heavy (non-hydrogen) atoms. The van der Waals surface area contributed by atoms with Gasteiger partial charge >= 0.3 is 6.03 Å². The lowest BCUT2D eigenvalue weighted by Gasteiger charge is -2.44. The van der Waals surface area contributed by atoms with E-state index in [1.807, 2.05) is 27.7 Å². The number of amides is 5. The van der Waals surface area contributed by atoms with Gasteiger partial charge in [0.15, 0.2) is 0 Å². The van der Waals surface area contributed by atoms with Gasteiger partial charge in [-0.25, -0.2) is 4.79 Å². The second-order valence-electron chi connectivity index (χ2n) is 18.1. The SMILES string of the molecule is CCCC[C@H](NC(=O)[C@@H]1[C@@H](C(C)C)CCN1C(=O)[C@@H](NC(=O)NC1(CS(=O)C(=O)C(C)(C)C)CCCCC1)C1(C)CCCCC1)C(=O)C(=O)NC1CC1. The summed E-state index contributed by atoms with van der Waals surface area (Å²) >= 11 is 0. The van der Waals surface area contributed by atoms with Crippen molar-refractivity contribution >= 4 is 45.5 Å². The molecule has 0 bridgehead atoms. The normalized spacial score (nSPS) is 24.4. The zero-order valence-electron chi connectivity index (χ0n) is 33.4. The third-order valence-electron chi connectivity index (χ3n) is 12.1. The third-order valence-corrected chi connectivity index (χ3v) is 13.9. The zero-order valence-corrected chi connectivity index (χ0v) is 34.2. The van der Waals surface area contributed by atoms with Gasteiger partial charge in [0.2, 0.25) is 22.7 Å². The van der Waals surface area contributed by atoms with Gasteiger partial charge in [-0.15, -0.1) is 0 Å². The molecular weight excluding hydrogens is 695 g/mol. The van der Waals surface area contributed by atoms with E-state index < -0.39 is 68.9 Å². The van der Waals surface area contributed by atoms with E-state index in [-0.39, 0.29) is 34.7 Å². The highest BCUT2D eigenvalue weighted by atomic mass is 32.2. The van der Waals surface area contributed by atoms with Crippen LogP contribution in [0.3, 0.4) is 0 Å². The molecule has 1 heterocycles. The maximum atomic E-state index is 14.9. The fourth-order valence-electron chi connectivity index (χ4n) is 8.62. The Hall–Kier alpha value is -2.83. The molecule has 12 nitrogen and oxygen atoms in total. The van der Waals surface area contributed by atoms with Gasteiger partial charge in [-0.05, 0) is 68.6 Å². The highest BCUT2D eigenvalue weighted by molar-refractivity contribution is 8.00. The number of likely N-dealkylation sites (tertiary alicyclic amines) is 1. The summed E-state index contributed by atoms with van der Waals surface area (Å²) in [4.78, 5) is 84.0. The number of hydrogen-bond acceptors (Lipinski definition) is 7. The Kier molecular flexibility index (Phi) is 14.7. The van der Waals surface area contributed by atoms with Crippen molar-refractivity contribution in [1.29, 1.82) is 0 Å². The number of carbonyl (C=O) groups excluding carboxylic acids is 6. The van der Waals surface area contributed by atoms with Crippen LogP contribution in [-0.4, -0.2) is 85.8 Å². The summed E-state index contributed by atoms with van der Waals surface area (Å²) in [5.41, 5.74) is -2.20. The Morgan fingerprint density at radius 1 is 0.868 bits per heavy atom. The standard InChI is InChI=1S/C40H67N5O7S/c1-8-9-16-29(31(46)34(48)41-27-17-18-27)42-33(47)30-28(26(2)3)19-24-45(30)35(49)32(39(7)20-12-10-13-21-39)43-37(51)44-40(22-14-11-15-23-40)25-53(52)36(50)38(4,5)6/h26-30,32H,8-25H2,1-7H3,(H,41,48)(H,42,47)(H2,43,44,51)/t28-,29+,30+,32-,53?/m1/s1. The molecule has 300 valence electrons. The average Bonchev–Trinajstić information content (AvgIpc) is 3.80. The van der Waals surface area contributed by atoms with E-state index >= 15 is 0 Å². The van der Waals surface area contributed by atoms with E-state index in [0.717, 1.165) is 70.6 Å². The van der Waals surface area contributed by atoms with Gasteiger partial charge in [0.05, 0.1) is 28.1 Å². The van der Waals surface area contributed by atoms with Crippen LogP contribution >= 0.6 is 0 Å². The van der Waals surface area contributed by atoms with Crippen molar-refractivity contribution in [3.05, 3.63) is 0 Å². The summed E-state index contributed by atoms with van der Waals surface area (Å²) in [7, 11) is -1.81. The van der Waals surface area contributed by atoms with Gasteiger partial charge in [0.1, 0.15) is 12.1 Å². The van der Waals surface area contributed by atoms with E-state index in [1.165, 1.54) is 0 Å². The van der Waals surface area contributed by atoms with Crippen molar-refractivity contribution in [1.82, 2.24) is 26.2 Å². The maximum absolute atomic E-state index is 14.9. The smallest absolute Gasteiger partial charge is 0.315 e. The molecule has 3 aliphatic carbocycles. The first-order chi connectivity index (χ1) is 24.9. The largest absolute Gasteiger partial charge is 0.347 e. The van der Waals surface area contributed by atoms with Crippen molar-refractivity contribution in [2.75, 3.05) is 12.3 Å². The van der Waals surface area contributed by atoms with Crippen molar-refractivity contribution in [3.8, 4) is 0 Å². The van der Waals surface area contributed by atoms with Crippen molar-refractivity contribution in [3.63, 3.8) is 0 Å². The number of hydrogen-bond donors (Lipinski definition) is 4. The quantitative estimate of drug-likeness (QED) is 0.169. The van der Waals surface area contributed by atoms with Crippen LogP contribution in [0.15, 0.2) is 0 Å². The van der Waals surface area contributed by atoms with Gasteiger partial charge in [-0.2, -0.15) is 0 Å². The summed E-state index contributed by atoms with van der Waals surface area (Å²) in [5, 5.41) is 11.5. The summed E-state index contributed by atoms with van der Waals surface area (Å²) in [6, 6.07) is -3.34. The number of Topliss-reactive ketones (excluding diaryl/α,β-unsaturated/α-hetero) is 1. The van der Waals surface area contributed by atoms with Crippen LogP contribution in [0.4, 0.5) is 4.79 Å². The van der Waals surface area contributed by atoms with Gasteiger partial charge in [0, 0.05) is 18.0 Å². The molecule has 1 unspecified atom stereocenters. The van der Waals surface area contributed by atoms with Crippen LogP contribution in [0, 0.1) is 22.7 Å². The molecule has 4 N–H and O–H groups in total. The molecule has 3 saturated carbocycles. The molecule has 0 aromatic carbocycles. The Labute approximate surface area is 319 Å². The molecule has 5 amide bonds. The predicted octanol–water partition coefficient (Wildman–Crippen LogP) is 5.04. The first-order valence-electron chi connectivity index (χ1n) is 20.4.